The first-order chi connectivity index (χ1) is 9.17. The second kappa shape index (κ2) is 4.67. The summed E-state index contributed by atoms with van der Waals surface area (Å²) in [5, 5.41) is 0. The molecule has 0 saturated carbocycles. The van der Waals surface area contributed by atoms with Gasteiger partial charge in [0.25, 0.3) is 0 Å². The second-order valence-corrected chi connectivity index (χ2v) is 4.90. The molecule has 0 unspecified atom stereocenters. The average molecular weight is 323 g/mol. The Hall–Kier alpha value is -1.86. The van der Waals surface area contributed by atoms with Crippen molar-refractivity contribution < 1.29 is 4.42 Å². The van der Waals surface area contributed by atoms with Gasteiger partial charge in [0.15, 0.2) is 5.58 Å². The number of halogens is 1. The second-order valence-electron chi connectivity index (χ2n) is 4.11. The molecule has 98 valence electrons. The zero-order valence-electron chi connectivity index (χ0n) is 9.87. The molecule has 1 aromatic carbocycles. The van der Waals surface area contributed by atoms with E-state index in [-0.39, 0.29) is 0 Å². The number of imidazole rings is 1. The van der Waals surface area contributed by atoms with Crippen molar-refractivity contribution in [3.05, 3.63) is 39.2 Å². The van der Waals surface area contributed by atoms with E-state index in [1.54, 1.807) is 6.07 Å². The lowest BCUT2D eigenvalue weighted by molar-refractivity contribution is 0.555. The topological polar surface area (TPSA) is 101 Å². The fourth-order valence-corrected chi connectivity index (χ4v) is 2.49. The molecule has 0 bridgehead atoms. The van der Waals surface area contributed by atoms with Gasteiger partial charge in [-0.25, -0.2) is 9.78 Å². The van der Waals surface area contributed by atoms with Crippen LogP contribution in [0, 0.1) is 0 Å². The van der Waals surface area contributed by atoms with E-state index >= 15 is 0 Å². The molecular formula is C12H11BrN4O2. The van der Waals surface area contributed by atoms with Crippen molar-refractivity contribution in [3.63, 3.8) is 0 Å². The fourth-order valence-electron chi connectivity index (χ4n) is 1.94. The lowest BCUT2D eigenvalue weighted by Gasteiger charge is -1.97. The Bertz CT molecular complexity index is 786. The predicted octanol–water partition coefficient (Wildman–Crippen LogP) is 1.77. The molecule has 0 amide bonds. The zero-order valence-corrected chi connectivity index (χ0v) is 11.5. The monoisotopic (exact) mass is 322 g/mol. The molecule has 7 heteroatoms. The number of aromatic nitrogens is 3. The van der Waals surface area contributed by atoms with Crippen molar-refractivity contribution in [2.45, 2.75) is 6.42 Å². The maximum absolute atomic E-state index is 11.1. The minimum absolute atomic E-state index is 0.461. The summed E-state index contributed by atoms with van der Waals surface area (Å²) in [6.07, 6.45) is 0.684. The summed E-state index contributed by atoms with van der Waals surface area (Å²) in [6, 6.07) is 5.42. The molecule has 3 rings (SSSR count). The Morgan fingerprint density at radius 2 is 2.21 bits per heavy atom. The van der Waals surface area contributed by atoms with Crippen LogP contribution >= 0.6 is 15.9 Å². The van der Waals surface area contributed by atoms with Gasteiger partial charge in [0, 0.05) is 12.0 Å². The van der Waals surface area contributed by atoms with Crippen LogP contribution in [0.1, 0.15) is 5.82 Å². The van der Waals surface area contributed by atoms with Crippen molar-refractivity contribution in [3.8, 4) is 11.3 Å². The number of benzene rings is 1. The van der Waals surface area contributed by atoms with Crippen LogP contribution in [0.25, 0.3) is 22.4 Å². The van der Waals surface area contributed by atoms with Crippen LogP contribution in [0.3, 0.4) is 0 Å². The number of hydrogen-bond acceptors (Lipinski definition) is 4. The zero-order chi connectivity index (χ0) is 13.4. The SMILES string of the molecule is NCCc1nc(-c2ccc3oc(=O)[nH]c3c2)c(Br)[nH]1. The summed E-state index contributed by atoms with van der Waals surface area (Å²) >= 11 is 3.44. The van der Waals surface area contributed by atoms with Gasteiger partial charge in [-0.05, 0) is 40.7 Å². The van der Waals surface area contributed by atoms with Gasteiger partial charge in [-0.3, -0.25) is 4.98 Å². The number of nitrogens with two attached hydrogens (primary N) is 1. The fraction of sp³-hybridized carbons (Fsp3) is 0.167. The Labute approximate surface area is 116 Å². The van der Waals surface area contributed by atoms with Gasteiger partial charge in [-0.1, -0.05) is 0 Å². The smallest absolute Gasteiger partial charge is 0.408 e. The summed E-state index contributed by atoms with van der Waals surface area (Å²) in [7, 11) is 0. The van der Waals surface area contributed by atoms with E-state index in [0.29, 0.717) is 24.1 Å². The van der Waals surface area contributed by atoms with Gasteiger partial charge < -0.3 is 15.1 Å². The van der Waals surface area contributed by atoms with Crippen LogP contribution in [0.4, 0.5) is 0 Å². The molecule has 0 spiro atoms. The van der Waals surface area contributed by atoms with E-state index in [2.05, 4.69) is 30.9 Å². The molecule has 0 atom stereocenters. The highest BCUT2D eigenvalue weighted by atomic mass is 79.9. The highest BCUT2D eigenvalue weighted by Crippen LogP contribution is 2.28. The van der Waals surface area contributed by atoms with Crippen molar-refractivity contribution in [2.75, 3.05) is 6.54 Å². The molecule has 0 radical (unpaired) electrons. The van der Waals surface area contributed by atoms with E-state index in [4.69, 9.17) is 10.2 Å². The quantitative estimate of drug-likeness (QED) is 0.684. The maximum Gasteiger partial charge on any atom is 0.417 e. The van der Waals surface area contributed by atoms with E-state index in [1.807, 2.05) is 12.1 Å². The molecule has 2 heterocycles. The standard InChI is InChI=1S/C12H11BrN4O2/c13-11-10(16-9(17-11)3-4-14)6-1-2-8-7(5-6)15-12(18)19-8/h1-2,5H,3-4,14H2,(H,15,18)(H,16,17). The predicted molar refractivity (Wildman–Crippen MR) is 74.9 cm³/mol. The molecule has 0 fully saturated rings. The molecule has 0 saturated heterocycles. The van der Waals surface area contributed by atoms with Crippen LogP contribution in [-0.2, 0) is 6.42 Å². The van der Waals surface area contributed by atoms with Gasteiger partial charge in [-0.2, -0.15) is 0 Å². The Morgan fingerprint density at radius 3 is 3.00 bits per heavy atom. The number of hydrogen-bond donors (Lipinski definition) is 3. The number of nitrogens with zero attached hydrogens (tertiary/aromatic N) is 1. The minimum Gasteiger partial charge on any atom is -0.408 e. The van der Waals surface area contributed by atoms with E-state index in [1.165, 1.54) is 0 Å². The van der Waals surface area contributed by atoms with Gasteiger partial charge in [-0.15, -0.1) is 0 Å². The normalized spacial score (nSPS) is 11.3. The number of rotatable bonds is 3. The van der Waals surface area contributed by atoms with E-state index in [0.717, 1.165) is 21.7 Å². The first-order valence-electron chi connectivity index (χ1n) is 5.75. The van der Waals surface area contributed by atoms with Crippen molar-refractivity contribution in [2.24, 2.45) is 5.73 Å². The molecule has 0 aliphatic rings. The van der Waals surface area contributed by atoms with Gasteiger partial charge in [0.2, 0.25) is 0 Å². The molecule has 0 aliphatic carbocycles. The lowest BCUT2D eigenvalue weighted by Crippen LogP contribution is -2.03. The average Bonchev–Trinajstić information content (AvgIpc) is 2.90. The van der Waals surface area contributed by atoms with Crippen LogP contribution in [-0.4, -0.2) is 21.5 Å². The number of H-pyrrole nitrogens is 2. The third-order valence-electron chi connectivity index (χ3n) is 2.78. The largest absolute Gasteiger partial charge is 0.417 e. The maximum atomic E-state index is 11.1. The van der Waals surface area contributed by atoms with E-state index in [9.17, 15) is 4.79 Å². The first kappa shape index (κ1) is 12.2. The van der Waals surface area contributed by atoms with E-state index < -0.39 is 5.76 Å². The number of fused-ring (bicyclic) bond motifs is 1. The summed E-state index contributed by atoms with van der Waals surface area (Å²) in [4.78, 5) is 21.4. The lowest BCUT2D eigenvalue weighted by atomic mass is 10.1. The summed E-state index contributed by atoms with van der Waals surface area (Å²) < 4.78 is 5.76. The molecule has 3 aromatic rings. The number of oxazole rings is 1. The Balaban J connectivity index is 2.10. The molecule has 4 N–H and O–H groups in total. The molecule has 0 aliphatic heterocycles. The number of aromatic amines is 2. The van der Waals surface area contributed by atoms with Crippen LogP contribution in [0.15, 0.2) is 32.0 Å². The van der Waals surface area contributed by atoms with Gasteiger partial charge in [0.05, 0.1) is 5.52 Å². The Morgan fingerprint density at radius 1 is 1.37 bits per heavy atom. The van der Waals surface area contributed by atoms with Crippen molar-refractivity contribution in [1.29, 1.82) is 0 Å². The van der Waals surface area contributed by atoms with Crippen molar-refractivity contribution >= 4 is 27.0 Å². The highest BCUT2D eigenvalue weighted by Gasteiger charge is 2.11. The highest BCUT2D eigenvalue weighted by molar-refractivity contribution is 9.10. The van der Waals surface area contributed by atoms with Crippen molar-refractivity contribution in [1.82, 2.24) is 15.0 Å². The third kappa shape index (κ3) is 2.22. The molecule has 6 nitrogen and oxygen atoms in total. The van der Waals surface area contributed by atoms with Gasteiger partial charge in [0.1, 0.15) is 16.1 Å². The molecule has 19 heavy (non-hydrogen) atoms. The minimum atomic E-state index is -0.461. The molecule has 2 aromatic heterocycles. The summed E-state index contributed by atoms with van der Waals surface area (Å²) in [5.74, 6) is 0.363. The number of nitrogens with one attached hydrogen (secondary N) is 2. The molecular weight excluding hydrogens is 312 g/mol. The summed E-state index contributed by atoms with van der Waals surface area (Å²) in [5.41, 5.74) is 8.36. The summed E-state index contributed by atoms with van der Waals surface area (Å²) in [6.45, 7) is 0.535. The first-order valence-corrected chi connectivity index (χ1v) is 6.54. The Kier molecular flexibility index (Phi) is 3.00. The van der Waals surface area contributed by atoms with Gasteiger partial charge >= 0.3 is 5.76 Å². The third-order valence-corrected chi connectivity index (χ3v) is 3.36. The van der Waals surface area contributed by atoms with Crippen LogP contribution < -0.4 is 11.5 Å². The van der Waals surface area contributed by atoms with Crippen LogP contribution in [0.2, 0.25) is 0 Å². The van der Waals surface area contributed by atoms with Crippen LogP contribution in [0.5, 0.6) is 0 Å².